The molecule has 11 aliphatic carbocycles. The molecule has 12 fully saturated rings. The van der Waals surface area contributed by atoms with Crippen LogP contribution in [0.3, 0.4) is 0 Å². The molecule has 11 unspecified atom stereocenters. The summed E-state index contributed by atoms with van der Waals surface area (Å²) in [7, 11) is 0. The molecule has 53 heavy (non-hydrogen) atoms. The van der Waals surface area contributed by atoms with Gasteiger partial charge in [0, 0.05) is 6.42 Å². The van der Waals surface area contributed by atoms with Gasteiger partial charge in [0.15, 0.2) is 0 Å². The van der Waals surface area contributed by atoms with E-state index in [1.165, 1.54) is 25.7 Å². The molecule has 1 aliphatic heterocycles. The highest BCUT2D eigenvalue weighted by Crippen LogP contribution is 2.64. The second kappa shape index (κ2) is 11.5. The average Bonchev–Trinajstić information content (AvgIpc) is 3.83. The summed E-state index contributed by atoms with van der Waals surface area (Å²) in [6, 6.07) is 0. The third-order valence-corrected chi connectivity index (χ3v) is 18.6. The Bertz CT molecular complexity index is 1560. The van der Waals surface area contributed by atoms with Gasteiger partial charge in [0.05, 0.1) is 40.5 Å². The fourth-order valence-electron chi connectivity index (χ4n) is 16.2. The van der Waals surface area contributed by atoms with Gasteiger partial charge in [0.1, 0.15) is 11.2 Å². The van der Waals surface area contributed by atoms with Crippen LogP contribution in [0.4, 0.5) is 0 Å². The molecule has 1 heterocycles. The minimum Gasteiger partial charge on any atom is -0.459 e. The van der Waals surface area contributed by atoms with E-state index < -0.39 is 69.5 Å². The van der Waals surface area contributed by atoms with E-state index in [2.05, 4.69) is 6.92 Å². The predicted octanol–water partition coefficient (Wildman–Crippen LogP) is 6.95. The molecule has 10 bridgehead atoms. The standard InChI is InChI=1S/C44H62O9/c1-22(50-33-16-27-15-32(33)31-8-6-7-30(27)31)34-35(37(46)51-36(34)45)41(4,39(48)52-42(5)28-11-23-9-24(13-28)14-29(42)12-23)40(2,3)38(47)53-44-19-25-10-26(20-44)18-43(49,17-25)21-44/h22-35,49H,6-21H2,1-5H3. The molecule has 0 aromatic heterocycles. The summed E-state index contributed by atoms with van der Waals surface area (Å²) in [6.07, 6.45) is 14.9. The minimum absolute atomic E-state index is 0.00327. The maximum atomic E-state index is 15.4. The van der Waals surface area contributed by atoms with Crippen LogP contribution in [0.1, 0.15) is 137 Å². The summed E-state index contributed by atoms with van der Waals surface area (Å²) in [5.41, 5.74) is -5.78. The summed E-state index contributed by atoms with van der Waals surface area (Å²) < 4.78 is 25.7. The lowest BCUT2D eigenvalue weighted by atomic mass is 9.50. The molecule has 0 aromatic carbocycles. The van der Waals surface area contributed by atoms with Gasteiger partial charge in [-0.2, -0.15) is 0 Å². The molecule has 0 spiro atoms. The van der Waals surface area contributed by atoms with Crippen LogP contribution in [-0.2, 0) is 38.1 Å². The molecule has 12 rings (SSSR count). The normalized spacial score (nSPS) is 51.7. The maximum absolute atomic E-state index is 15.4. The van der Waals surface area contributed by atoms with Crippen LogP contribution in [0, 0.1) is 81.8 Å². The number of aliphatic hydroxyl groups is 1. The minimum atomic E-state index is -1.81. The van der Waals surface area contributed by atoms with Gasteiger partial charge in [-0.15, -0.1) is 0 Å². The quantitative estimate of drug-likeness (QED) is 0.152. The van der Waals surface area contributed by atoms with Crippen LogP contribution in [0.2, 0.25) is 0 Å². The average molecular weight is 735 g/mol. The van der Waals surface area contributed by atoms with Crippen molar-refractivity contribution < 1.29 is 43.2 Å². The van der Waals surface area contributed by atoms with E-state index >= 15 is 4.79 Å². The van der Waals surface area contributed by atoms with Gasteiger partial charge in [0.25, 0.3) is 0 Å². The first-order chi connectivity index (χ1) is 25.0. The highest BCUT2D eigenvalue weighted by atomic mass is 16.6. The van der Waals surface area contributed by atoms with E-state index in [0.717, 1.165) is 63.7 Å². The molecular weight excluding hydrogens is 672 g/mol. The van der Waals surface area contributed by atoms with Crippen LogP contribution in [0.5, 0.6) is 0 Å². The van der Waals surface area contributed by atoms with Gasteiger partial charge in [-0.3, -0.25) is 19.2 Å². The maximum Gasteiger partial charge on any atom is 0.320 e. The monoisotopic (exact) mass is 734 g/mol. The molecule has 292 valence electrons. The molecule has 1 N–H and O–H groups in total. The van der Waals surface area contributed by atoms with Crippen molar-refractivity contribution in [2.45, 2.75) is 166 Å². The Kier molecular flexibility index (Phi) is 7.71. The Balaban J connectivity index is 0.984. The first-order valence-corrected chi connectivity index (χ1v) is 21.6. The second-order valence-electron chi connectivity index (χ2n) is 21.7. The number of carbonyl (C=O) groups excluding carboxylic acids is 4. The Hall–Kier alpha value is -2.00. The Morgan fingerprint density at radius 3 is 2.04 bits per heavy atom. The Labute approximate surface area is 314 Å². The van der Waals surface area contributed by atoms with Gasteiger partial charge in [0.2, 0.25) is 0 Å². The zero-order chi connectivity index (χ0) is 37.0. The van der Waals surface area contributed by atoms with E-state index in [9.17, 15) is 19.5 Å². The second-order valence-corrected chi connectivity index (χ2v) is 21.7. The molecule has 0 amide bonds. The van der Waals surface area contributed by atoms with Crippen molar-refractivity contribution in [2.75, 3.05) is 0 Å². The molecule has 9 nitrogen and oxygen atoms in total. The van der Waals surface area contributed by atoms with Crippen molar-refractivity contribution >= 4 is 23.9 Å². The summed E-state index contributed by atoms with van der Waals surface area (Å²) in [4.78, 5) is 58.4. The van der Waals surface area contributed by atoms with E-state index in [4.69, 9.17) is 18.9 Å². The molecule has 11 saturated carbocycles. The summed E-state index contributed by atoms with van der Waals surface area (Å²) >= 11 is 0. The molecule has 9 heteroatoms. The number of hydrogen-bond donors (Lipinski definition) is 1. The van der Waals surface area contributed by atoms with Gasteiger partial charge in [-0.1, -0.05) is 6.42 Å². The lowest BCUT2D eigenvalue weighted by Crippen LogP contribution is -2.64. The van der Waals surface area contributed by atoms with Crippen LogP contribution in [0.25, 0.3) is 0 Å². The number of rotatable bonds is 9. The molecule has 0 radical (unpaired) electrons. The van der Waals surface area contributed by atoms with Crippen LogP contribution < -0.4 is 0 Å². The number of ether oxygens (including phenoxy) is 4. The predicted molar refractivity (Wildman–Crippen MR) is 191 cm³/mol. The van der Waals surface area contributed by atoms with E-state index in [0.29, 0.717) is 60.7 Å². The topological polar surface area (TPSA) is 125 Å². The van der Waals surface area contributed by atoms with Crippen molar-refractivity contribution in [3.63, 3.8) is 0 Å². The van der Waals surface area contributed by atoms with Crippen molar-refractivity contribution in [3.05, 3.63) is 0 Å². The number of hydrogen-bond acceptors (Lipinski definition) is 9. The van der Waals surface area contributed by atoms with Gasteiger partial charge in [-0.25, -0.2) is 0 Å². The fraction of sp³-hybridized carbons (Fsp3) is 0.909. The van der Waals surface area contributed by atoms with E-state index in [1.54, 1.807) is 20.8 Å². The lowest BCUT2D eigenvalue weighted by molar-refractivity contribution is -0.239. The number of carbonyl (C=O) groups is 4. The van der Waals surface area contributed by atoms with Gasteiger partial charge < -0.3 is 24.1 Å². The highest BCUT2D eigenvalue weighted by Gasteiger charge is 2.70. The Morgan fingerprint density at radius 2 is 1.40 bits per heavy atom. The largest absolute Gasteiger partial charge is 0.459 e. The van der Waals surface area contributed by atoms with Crippen LogP contribution in [-0.4, -0.2) is 58.0 Å². The smallest absolute Gasteiger partial charge is 0.320 e. The van der Waals surface area contributed by atoms with Crippen molar-refractivity contribution in [2.24, 2.45) is 81.8 Å². The summed E-state index contributed by atoms with van der Waals surface area (Å²) in [5, 5.41) is 11.5. The van der Waals surface area contributed by atoms with Crippen molar-refractivity contribution in [1.82, 2.24) is 0 Å². The Morgan fingerprint density at radius 1 is 0.774 bits per heavy atom. The van der Waals surface area contributed by atoms with Crippen molar-refractivity contribution in [1.29, 1.82) is 0 Å². The number of esters is 4. The fourth-order valence-corrected chi connectivity index (χ4v) is 16.2. The molecular formula is C44H62O9. The first kappa shape index (κ1) is 35.4. The first-order valence-electron chi connectivity index (χ1n) is 21.6. The van der Waals surface area contributed by atoms with Crippen LogP contribution >= 0.6 is 0 Å². The summed E-state index contributed by atoms with van der Waals surface area (Å²) in [5.74, 6) is -0.155. The van der Waals surface area contributed by atoms with Gasteiger partial charge >= 0.3 is 23.9 Å². The molecule has 11 atom stereocenters. The van der Waals surface area contributed by atoms with E-state index in [1.807, 2.05) is 6.92 Å². The zero-order valence-corrected chi connectivity index (χ0v) is 32.6. The molecule has 1 saturated heterocycles. The lowest BCUT2D eigenvalue weighted by Gasteiger charge is -2.60. The number of fused-ring (bicyclic) bond motifs is 5. The van der Waals surface area contributed by atoms with Gasteiger partial charge in [-0.05, 0) is 184 Å². The molecule has 0 aromatic rings. The van der Waals surface area contributed by atoms with E-state index in [-0.39, 0.29) is 17.9 Å². The SMILES string of the molecule is CC(OC1CC2CC1C1CCCC21)C1C(=O)OC(=O)C1C(C)(C(=O)OC1(C)C2CC3CC(C2)CC1C3)C(C)(C)C(=O)OC12CC3CC(CC(O)(C3)C1)C2. The van der Waals surface area contributed by atoms with Crippen LogP contribution in [0.15, 0.2) is 0 Å². The third-order valence-electron chi connectivity index (χ3n) is 18.6. The number of cyclic esters (lactones) is 2. The summed E-state index contributed by atoms with van der Waals surface area (Å²) in [6.45, 7) is 8.97. The third kappa shape index (κ3) is 5.05. The zero-order valence-electron chi connectivity index (χ0n) is 32.6. The van der Waals surface area contributed by atoms with Crippen molar-refractivity contribution in [3.8, 4) is 0 Å². The highest BCUT2D eigenvalue weighted by molar-refractivity contribution is 6.02. The molecule has 12 aliphatic rings.